The van der Waals surface area contributed by atoms with Gasteiger partial charge < -0.3 is 4.74 Å². The van der Waals surface area contributed by atoms with Gasteiger partial charge >= 0.3 is 6.01 Å². The zero-order valence-corrected chi connectivity index (χ0v) is 12.2. The fourth-order valence-corrected chi connectivity index (χ4v) is 2.02. The van der Waals surface area contributed by atoms with E-state index in [2.05, 4.69) is 19.9 Å². The highest BCUT2D eigenvalue weighted by Gasteiger charge is 2.10. The van der Waals surface area contributed by atoms with Crippen LogP contribution in [0.2, 0.25) is 5.28 Å². The molecular weight excluding hydrogens is 290 g/mol. The van der Waals surface area contributed by atoms with Crippen LogP contribution in [0.5, 0.6) is 11.8 Å². The van der Waals surface area contributed by atoms with Gasteiger partial charge in [-0.05, 0) is 37.1 Å². The van der Waals surface area contributed by atoms with Gasteiger partial charge in [0.2, 0.25) is 11.2 Å². The number of aryl methyl sites for hydroxylation is 2. The van der Waals surface area contributed by atoms with Gasteiger partial charge in [0, 0.05) is 12.4 Å². The molecule has 1 aromatic carbocycles. The van der Waals surface area contributed by atoms with Gasteiger partial charge in [0.25, 0.3) is 0 Å². The Kier molecular flexibility index (Phi) is 3.53. The molecule has 0 saturated carbocycles. The molecular formula is C14H12ClN5O. The molecule has 3 rings (SSSR count). The molecule has 7 heteroatoms. The van der Waals surface area contributed by atoms with Crippen molar-refractivity contribution in [3.63, 3.8) is 0 Å². The van der Waals surface area contributed by atoms with Crippen molar-refractivity contribution in [2.24, 2.45) is 0 Å². The van der Waals surface area contributed by atoms with E-state index in [1.807, 2.05) is 32.0 Å². The molecule has 106 valence electrons. The number of ether oxygens (including phenoxy) is 1. The van der Waals surface area contributed by atoms with Crippen LogP contribution in [0.3, 0.4) is 0 Å². The van der Waals surface area contributed by atoms with Crippen molar-refractivity contribution < 1.29 is 4.74 Å². The molecule has 6 nitrogen and oxygen atoms in total. The molecule has 0 N–H and O–H groups in total. The molecule has 21 heavy (non-hydrogen) atoms. The van der Waals surface area contributed by atoms with Gasteiger partial charge in [-0.15, -0.1) is 0 Å². The molecule has 0 unspecified atom stereocenters. The zero-order chi connectivity index (χ0) is 14.8. The minimum atomic E-state index is 0.0634. The molecule has 0 aliphatic carbocycles. The maximum Gasteiger partial charge on any atom is 0.328 e. The molecule has 0 bridgehead atoms. The molecule has 0 aliphatic heterocycles. The van der Waals surface area contributed by atoms with Crippen LogP contribution in [-0.2, 0) is 0 Å². The molecule has 3 aromatic rings. The first-order chi connectivity index (χ1) is 10.1. The summed E-state index contributed by atoms with van der Waals surface area (Å²) in [6.45, 7) is 3.98. The molecule has 0 spiro atoms. The average molecular weight is 302 g/mol. The van der Waals surface area contributed by atoms with Crippen LogP contribution in [0.4, 0.5) is 0 Å². The molecule has 0 atom stereocenters. The summed E-state index contributed by atoms with van der Waals surface area (Å²) in [6, 6.07) is 6.00. The SMILES string of the molecule is Cc1ccc(Oc2nc(Cl)nc(-n3ccnc3)n2)c(C)c1. The first kappa shape index (κ1) is 13.5. The van der Waals surface area contributed by atoms with Crippen LogP contribution in [0.15, 0.2) is 36.9 Å². The Balaban J connectivity index is 1.95. The second kappa shape index (κ2) is 5.49. The summed E-state index contributed by atoms with van der Waals surface area (Å²) < 4.78 is 7.33. The molecule has 0 radical (unpaired) electrons. The maximum atomic E-state index is 5.92. The number of nitrogens with zero attached hydrogens (tertiary/aromatic N) is 5. The average Bonchev–Trinajstić information content (AvgIpc) is 2.95. The third kappa shape index (κ3) is 3.00. The second-order valence-corrected chi connectivity index (χ2v) is 4.87. The Bertz CT molecular complexity index is 773. The third-order valence-electron chi connectivity index (χ3n) is 2.84. The summed E-state index contributed by atoms with van der Waals surface area (Å²) in [5, 5.41) is 0.0634. The normalized spacial score (nSPS) is 10.6. The van der Waals surface area contributed by atoms with Gasteiger partial charge in [-0.1, -0.05) is 17.7 Å². The highest BCUT2D eigenvalue weighted by atomic mass is 35.5. The minimum absolute atomic E-state index is 0.0634. The van der Waals surface area contributed by atoms with Crippen LogP contribution >= 0.6 is 11.6 Å². The zero-order valence-electron chi connectivity index (χ0n) is 11.5. The number of rotatable bonds is 3. The maximum absolute atomic E-state index is 5.92. The van der Waals surface area contributed by atoms with E-state index in [-0.39, 0.29) is 11.3 Å². The summed E-state index contributed by atoms with van der Waals surface area (Å²) in [5.41, 5.74) is 2.16. The summed E-state index contributed by atoms with van der Waals surface area (Å²) in [6.07, 6.45) is 4.92. The standard InChI is InChI=1S/C14H12ClN5O/c1-9-3-4-11(10(2)7-9)21-14-18-12(15)17-13(19-14)20-6-5-16-8-20/h3-8H,1-2H3. The lowest BCUT2D eigenvalue weighted by atomic mass is 10.1. The molecule has 2 aromatic heterocycles. The fourth-order valence-electron chi connectivity index (χ4n) is 1.87. The Morgan fingerprint density at radius 1 is 1.14 bits per heavy atom. The molecule has 2 heterocycles. The topological polar surface area (TPSA) is 65.7 Å². The van der Waals surface area contributed by atoms with Gasteiger partial charge in [0.05, 0.1) is 0 Å². The fraction of sp³-hybridized carbons (Fsp3) is 0.143. The van der Waals surface area contributed by atoms with Crippen molar-refractivity contribution in [3.8, 4) is 17.7 Å². The van der Waals surface area contributed by atoms with Gasteiger partial charge in [0.15, 0.2) is 0 Å². The van der Waals surface area contributed by atoms with E-state index < -0.39 is 0 Å². The number of hydrogen-bond donors (Lipinski definition) is 0. The summed E-state index contributed by atoms with van der Waals surface area (Å²) in [5.74, 6) is 1.03. The van der Waals surface area contributed by atoms with Crippen molar-refractivity contribution in [2.45, 2.75) is 13.8 Å². The van der Waals surface area contributed by atoms with Crippen molar-refractivity contribution >= 4 is 11.6 Å². The van der Waals surface area contributed by atoms with Crippen LogP contribution in [0, 0.1) is 13.8 Å². The van der Waals surface area contributed by atoms with E-state index >= 15 is 0 Å². The highest BCUT2D eigenvalue weighted by molar-refractivity contribution is 6.28. The van der Waals surface area contributed by atoms with Crippen LogP contribution in [-0.4, -0.2) is 24.5 Å². The quantitative estimate of drug-likeness (QED) is 0.743. The Morgan fingerprint density at radius 3 is 2.71 bits per heavy atom. The van der Waals surface area contributed by atoms with Crippen molar-refractivity contribution in [2.75, 3.05) is 0 Å². The number of halogens is 1. The summed E-state index contributed by atoms with van der Waals surface area (Å²) in [4.78, 5) is 16.2. The monoisotopic (exact) mass is 301 g/mol. The van der Waals surface area contributed by atoms with Crippen LogP contribution in [0.25, 0.3) is 5.95 Å². The van der Waals surface area contributed by atoms with E-state index in [1.54, 1.807) is 23.3 Å². The number of benzene rings is 1. The number of hydrogen-bond acceptors (Lipinski definition) is 5. The Morgan fingerprint density at radius 2 is 2.00 bits per heavy atom. The summed E-state index contributed by atoms with van der Waals surface area (Å²) in [7, 11) is 0. The smallest absolute Gasteiger partial charge is 0.328 e. The predicted molar refractivity (Wildman–Crippen MR) is 77.9 cm³/mol. The van der Waals surface area contributed by atoms with E-state index in [4.69, 9.17) is 16.3 Å². The van der Waals surface area contributed by atoms with Crippen molar-refractivity contribution in [1.29, 1.82) is 0 Å². The molecule has 0 amide bonds. The van der Waals surface area contributed by atoms with Gasteiger partial charge in [-0.3, -0.25) is 4.57 Å². The van der Waals surface area contributed by atoms with Crippen molar-refractivity contribution in [1.82, 2.24) is 24.5 Å². The largest absolute Gasteiger partial charge is 0.424 e. The highest BCUT2D eigenvalue weighted by Crippen LogP contribution is 2.24. The number of imidazole rings is 1. The van der Waals surface area contributed by atoms with Crippen LogP contribution in [0.1, 0.15) is 11.1 Å². The lowest BCUT2D eigenvalue weighted by Crippen LogP contribution is -2.03. The van der Waals surface area contributed by atoms with E-state index in [9.17, 15) is 0 Å². The van der Waals surface area contributed by atoms with E-state index in [1.165, 1.54) is 0 Å². The molecule has 0 aliphatic rings. The van der Waals surface area contributed by atoms with Gasteiger partial charge in [-0.2, -0.15) is 15.0 Å². The first-order valence-electron chi connectivity index (χ1n) is 6.27. The lowest BCUT2D eigenvalue weighted by Gasteiger charge is -2.08. The Hall–Kier alpha value is -2.47. The van der Waals surface area contributed by atoms with Crippen LogP contribution < -0.4 is 4.74 Å². The third-order valence-corrected chi connectivity index (χ3v) is 3.01. The van der Waals surface area contributed by atoms with Gasteiger partial charge in [0.1, 0.15) is 12.1 Å². The molecule has 0 saturated heterocycles. The molecule has 0 fully saturated rings. The predicted octanol–water partition coefficient (Wildman–Crippen LogP) is 3.12. The Labute approximate surface area is 126 Å². The van der Waals surface area contributed by atoms with E-state index in [0.29, 0.717) is 11.7 Å². The number of aromatic nitrogens is 5. The first-order valence-corrected chi connectivity index (χ1v) is 6.64. The van der Waals surface area contributed by atoms with Crippen molar-refractivity contribution in [3.05, 3.63) is 53.3 Å². The minimum Gasteiger partial charge on any atom is -0.424 e. The van der Waals surface area contributed by atoms with E-state index in [0.717, 1.165) is 11.1 Å². The lowest BCUT2D eigenvalue weighted by molar-refractivity contribution is 0.435. The second-order valence-electron chi connectivity index (χ2n) is 4.53. The summed E-state index contributed by atoms with van der Waals surface area (Å²) >= 11 is 5.92. The van der Waals surface area contributed by atoms with Gasteiger partial charge in [-0.25, -0.2) is 4.98 Å².